The zero-order chi connectivity index (χ0) is 12.3. The van der Waals surface area contributed by atoms with Crippen molar-refractivity contribution < 1.29 is 8.42 Å². The Morgan fingerprint density at radius 1 is 1.56 bits per heavy atom. The number of nitrogens with one attached hydrogen (secondary N) is 2. The number of nitrogens with zero attached hydrogens (tertiary/aromatic N) is 2. The molecule has 98 valence electrons. The van der Waals surface area contributed by atoms with Gasteiger partial charge >= 0.3 is 0 Å². The number of aromatic nitrogens is 1. The minimum atomic E-state index is -3.63. The molecule has 1 fully saturated rings. The Morgan fingerprint density at radius 3 is 2.94 bits per heavy atom. The van der Waals surface area contributed by atoms with Crippen LogP contribution in [0.4, 0.5) is 0 Å². The molecule has 1 aliphatic heterocycles. The molecule has 0 aromatic carbocycles. The number of pyridine rings is 1. The maximum absolute atomic E-state index is 11.9. The molecular formula is C10H13ClN4O2S. The predicted octanol–water partition coefficient (Wildman–Crippen LogP) is 0.0153. The molecule has 18 heavy (non-hydrogen) atoms. The first-order valence-electron chi connectivity index (χ1n) is 5.21. The zero-order valence-electron chi connectivity index (χ0n) is 9.46. The summed E-state index contributed by atoms with van der Waals surface area (Å²) in [5.41, 5.74) is 0.282. The summed E-state index contributed by atoms with van der Waals surface area (Å²) in [7, 11) is -3.63. The molecule has 1 aliphatic rings. The largest absolute Gasteiger partial charge is 0.315 e. The predicted molar refractivity (Wildman–Crippen MR) is 67.8 cm³/mol. The molecule has 2 heterocycles. The van der Waals surface area contributed by atoms with Crippen LogP contribution in [0.15, 0.2) is 23.4 Å². The lowest BCUT2D eigenvalue weighted by molar-refractivity contribution is 0.556. The van der Waals surface area contributed by atoms with Crippen molar-refractivity contribution in [2.45, 2.75) is 17.5 Å². The van der Waals surface area contributed by atoms with Crippen molar-refractivity contribution in [2.24, 2.45) is 0 Å². The van der Waals surface area contributed by atoms with E-state index in [1.54, 1.807) is 0 Å². The fourth-order valence-corrected chi connectivity index (χ4v) is 2.90. The van der Waals surface area contributed by atoms with Gasteiger partial charge in [0.15, 0.2) is 5.03 Å². The third kappa shape index (κ3) is 3.40. The van der Waals surface area contributed by atoms with Gasteiger partial charge in [0.05, 0.1) is 11.6 Å². The maximum atomic E-state index is 11.9. The smallest absolute Gasteiger partial charge is 0.258 e. The summed E-state index contributed by atoms with van der Waals surface area (Å²) in [4.78, 5) is 3.78. The first kappa shape index (κ1) is 14.9. The molecule has 1 atom stereocenters. The fourth-order valence-electron chi connectivity index (χ4n) is 1.66. The van der Waals surface area contributed by atoms with E-state index in [-0.39, 0.29) is 29.0 Å². The molecular weight excluding hydrogens is 276 g/mol. The van der Waals surface area contributed by atoms with Gasteiger partial charge in [-0.2, -0.15) is 5.26 Å². The Balaban J connectivity index is 0.00000162. The van der Waals surface area contributed by atoms with Crippen LogP contribution in [0.1, 0.15) is 12.0 Å². The van der Waals surface area contributed by atoms with Crippen LogP contribution in [0.2, 0.25) is 0 Å². The van der Waals surface area contributed by atoms with Gasteiger partial charge < -0.3 is 5.32 Å². The molecule has 2 N–H and O–H groups in total. The van der Waals surface area contributed by atoms with E-state index < -0.39 is 10.0 Å². The fraction of sp³-hybridized carbons (Fsp3) is 0.400. The van der Waals surface area contributed by atoms with Crippen LogP contribution in [-0.4, -0.2) is 32.5 Å². The highest BCUT2D eigenvalue weighted by Gasteiger charge is 2.23. The molecule has 1 aromatic rings. The quantitative estimate of drug-likeness (QED) is 0.817. The second kappa shape index (κ2) is 6.11. The molecule has 0 saturated carbocycles. The molecule has 2 rings (SSSR count). The normalized spacial score (nSPS) is 18.9. The highest BCUT2D eigenvalue weighted by Crippen LogP contribution is 2.09. The van der Waals surface area contributed by atoms with Crippen molar-refractivity contribution in [3.8, 4) is 6.07 Å². The summed E-state index contributed by atoms with van der Waals surface area (Å²) in [6.45, 7) is 1.43. The molecule has 0 aliphatic carbocycles. The van der Waals surface area contributed by atoms with Crippen molar-refractivity contribution in [2.75, 3.05) is 13.1 Å². The molecule has 6 nitrogen and oxygen atoms in total. The van der Waals surface area contributed by atoms with Crippen LogP contribution < -0.4 is 10.0 Å². The average Bonchev–Trinajstić information content (AvgIpc) is 2.81. The SMILES string of the molecule is Cl.N#Cc1ccnc(S(=O)(=O)NC2CCNC2)c1. The van der Waals surface area contributed by atoms with E-state index >= 15 is 0 Å². The van der Waals surface area contributed by atoms with Crippen molar-refractivity contribution >= 4 is 22.4 Å². The van der Waals surface area contributed by atoms with Gasteiger partial charge in [-0.25, -0.2) is 18.1 Å². The monoisotopic (exact) mass is 288 g/mol. The number of hydrogen-bond donors (Lipinski definition) is 2. The highest BCUT2D eigenvalue weighted by molar-refractivity contribution is 7.89. The van der Waals surface area contributed by atoms with Crippen molar-refractivity contribution in [1.29, 1.82) is 5.26 Å². The van der Waals surface area contributed by atoms with Crippen LogP contribution in [0.25, 0.3) is 0 Å². The van der Waals surface area contributed by atoms with Gasteiger partial charge in [0.25, 0.3) is 10.0 Å². The van der Waals surface area contributed by atoms with Crippen molar-refractivity contribution in [1.82, 2.24) is 15.0 Å². The van der Waals surface area contributed by atoms with E-state index in [1.807, 2.05) is 6.07 Å². The second-order valence-corrected chi connectivity index (χ2v) is 5.47. The summed E-state index contributed by atoms with van der Waals surface area (Å²) < 4.78 is 26.5. The van der Waals surface area contributed by atoms with Gasteiger partial charge in [-0.1, -0.05) is 0 Å². The van der Waals surface area contributed by atoms with Crippen LogP contribution >= 0.6 is 12.4 Å². The lowest BCUT2D eigenvalue weighted by Crippen LogP contribution is -2.36. The topological polar surface area (TPSA) is 94.9 Å². The Bertz CT molecular complexity index is 549. The number of rotatable bonds is 3. The molecule has 1 aromatic heterocycles. The zero-order valence-corrected chi connectivity index (χ0v) is 11.1. The first-order chi connectivity index (χ1) is 8.12. The molecule has 0 bridgehead atoms. The van der Waals surface area contributed by atoms with Crippen LogP contribution in [0.3, 0.4) is 0 Å². The van der Waals surface area contributed by atoms with E-state index in [2.05, 4.69) is 15.0 Å². The highest BCUT2D eigenvalue weighted by atomic mass is 35.5. The maximum Gasteiger partial charge on any atom is 0.258 e. The Kier molecular flexibility index (Phi) is 5.04. The molecule has 0 spiro atoms. The molecule has 1 unspecified atom stereocenters. The number of hydrogen-bond acceptors (Lipinski definition) is 5. The number of halogens is 1. The molecule has 8 heteroatoms. The molecule has 1 saturated heterocycles. The van der Waals surface area contributed by atoms with Crippen molar-refractivity contribution in [3.05, 3.63) is 23.9 Å². The number of sulfonamides is 1. The van der Waals surface area contributed by atoms with Gasteiger partial charge in [-0.3, -0.25) is 0 Å². The van der Waals surface area contributed by atoms with Crippen LogP contribution in [0.5, 0.6) is 0 Å². The Morgan fingerprint density at radius 2 is 2.33 bits per heavy atom. The van der Waals surface area contributed by atoms with E-state index in [9.17, 15) is 8.42 Å². The first-order valence-corrected chi connectivity index (χ1v) is 6.69. The van der Waals surface area contributed by atoms with E-state index in [0.717, 1.165) is 13.0 Å². The van der Waals surface area contributed by atoms with E-state index in [1.165, 1.54) is 18.3 Å². The van der Waals surface area contributed by atoms with E-state index in [0.29, 0.717) is 6.54 Å². The molecule has 0 radical (unpaired) electrons. The average molecular weight is 289 g/mol. The lowest BCUT2D eigenvalue weighted by atomic mass is 10.3. The van der Waals surface area contributed by atoms with Crippen LogP contribution in [-0.2, 0) is 10.0 Å². The van der Waals surface area contributed by atoms with Crippen molar-refractivity contribution in [3.63, 3.8) is 0 Å². The standard InChI is InChI=1S/C10H12N4O2S.ClH/c11-6-8-1-4-13-10(5-8)17(15,16)14-9-2-3-12-7-9;/h1,4-5,9,12,14H,2-3,7H2;1H. The number of nitriles is 1. The van der Waals surface area contributed by atoms with Gasteiger partial charge in [0.2, 0.25) is 0 Å². The molecule has 0 amide bonds. The Hall–Kier alpha value is -1.20. The second-order valence-electron chi connectivity index (χ2n) is 3.81. The summed E-state index contributed by atoms with van der Waals surface area (Å²) in [6, 6.07) is 4.52. The minimum absolute atomic E-state index is 0. The Labute approximate surface area is 112 Å². The van der Waals surface area contributed by atoms with Gasteiger partial charge in [0, 0.05) is 18.8 Å². The van der Waals surface area contributed by atoms with Gasteiger partial charge in [-0.15, -0.1) is 12.4 Å². The third-order valence-corrected chi connectivity index (χ3v) is 3.94. The van der Waals surface area contributed by atoms with Crippen LogP contribution in [0, 0.1) is 11.3 Å². The summed E-state index contributed by atoms with van der Waals surface area (Å²) in [6.07, 6.45) is 2.08. The lowest BCUT2D eigenvalue weighted by Gasteiger charge is -2.11. The van der Waals surface area contributed by atoms with Gasteiger partial charge in [-0.05, 0) is 25.1 Å². The summed E-state index contributed by atoms with van der Waals surface area (Å²) in [5, 5.41) is 11.7. The summed E-state index contributed by atoms with van der Waals surface area (Å²) >= 11 is 0. The van der Waals surface area contributed by atoms with E-state index in [4.69, 9.17) is 5.26 Å². The summed E-state index contributed by atoms with van der Waals surface area (Å²) in [5.74, 6) is 0. The third-order valence-electron chi connectivity index (χ3n) is 2.52. The minimum Gasteiger partial charge on any atom is -0.315 e. The van der Waals surface area contributed by atoms with Gasteiger partial charge in [0.1, 0.15) is 0 Å².